The number of rotatable bonds is 59. The maximum absolute atomic E-state index is 12.9. The maximum atomic E-state index is 12.9. The van der Waals surface area contributed by atoms with E-state index in [2.05, 4.69) is 81.5 Å². The highest BCUT2D eigenvalue weighted by Crippen LogP contribution is 2.17. The smallest absolute Gasteiger partial charge is 0.306 e. The fourth-order valence-corrected chi connectivity index (χ4v) is 9.47. The summed E-state index contributed by atoms with van der Waals surface area (Å²) >= 11 is 0. The van der Waals surface area contributed by atoms with Gasteiger partial charge < -0.3 is 14.2 Å². The van der Waals surface area contributed by atoms with Gasteiger partial charge in [-0.1, -0.05) is 313 Å². The molecule has 6 nitrogen and oxygen atoms in total. The van der Waals surface area contributed by atoms with Gasteiger partial charge in [-0.05, 0) is 64.2 Å². The zero-order valence-electron chi connectivity index (χ0n) is 49.4. The van der Waals surface area contributed by atoms with Crippen LogP contribution in [0.25, 0.3) is 0 Å². The molecule has 0 aliphatic rings. The van der Waals surface area contributed by atoms with E-state index in [9.17, 15) is 14.4 Å². The number of unbranched alkanes of at least 4 members (excludes halogenated alkanes) is 38. The van der Waals surface area contributed by atoms with Crippen LogP contribution in [0.5, 0.6) is 0 Å². The SMILES string of the molecule is CC/C=C\C/C=C\C/C=C\C/C=C\C/C=C\CCCCCCCCCC(=O)OCC(COC(=O)CCCCCCCCCCCCCCCCC)OC(=O)CCCCCCCCCCCCCCCCCCCC. The van der Waals surface area contributed by atoms with Gasteiger partial charge in [0.15, 0.2) is 6.10 Å². The first-order valence-corrected chi connectivity index (χ1v) is 32.3. The van der Waals surface area contributed by atoms with Crippen LogP contribution in [-0.4, -0.2) is 37.2 Å². The zero-order chi connectivity index (χ0) is 53.6. The molecule has 0 aliphatic carbocycles. The van der Waals surface area contributed by atoms with E-state index in [4.69, 9.17) is 14.2 Å². The van der Waals surface area contributed by atoms with Crippen molar-refractivity contribution < 1.29 is 28.6 Å². The standard InChI is InChI=1S/C68H122O6/c1-4-7-10-13-16-19-22-25-28-30-32-33-34-35-36-38-40-43-46-49-52-55-58-61-67(70)73-64-65(63-72-66(69)60-57-54-51-48-45-42-39-27-24-21-18-15-12-9-6-3)74-68(71)62-59-56-53-50-47-44-41-37-31-29-26-23-20-17-14-11-8-5-2/h7,10,16,19,25,28,32-33,35-36,65H,4-6,8-9,11-15,17-18,20-24,26-27,29-31,34,37-64H2,1-3H3/b10-7-,19-16-,28-25-,33-32-,36-35-. The molecule has 1 unspecified atom stereocenters. The minimum Gasteiger partial charge on any atom is -0.462 e. The van der Waals surface area contributed by atoms with Crippen molar-refractivity contribution in [3.63, 3.8) is 0 Å². The van der Waals surface area contributed by atoms with Gasteiger partial charge in [0.05, 0.1) is 0 Å². The predicted octanol–water partition coefficient (Wildman–Crippen LogP) is 21.9. The van der Waals surface area contributed by atoms with Crippen LogP contribution in [0.3, 0.4) is 0 Å². The quantitative estimate of drug-likeness (QED) is 0.0261. The summed E-state index contributed by atoms with van der Waals surface area (Å²) < 4.78 is 17.0. The lowest BCUT2D eigenvalue weighted by atomic mass is 10.0. The molecule has 0 fully saturated rings. The van der Waals surface area contributed by atoms with Crippen molar-refractivity contribution in [2.24, 2.45) is 0 Å². The highest BCUT2D eigenvalue weighted by atomic mass is 16.6. The van der Waals surface area contributed by atoms with E-state index in [1.807, 2.05) is 0 Å². The van der Waals surface area contributed by atoms with E-state index in [0.717, 1.165) is 96.3 Å². The lowest BCUT2D eigenvalue weighted by Gasteiger charge is -2.18. The Hall–Kier alpha value is -2.89. The summed E-state index contributed by atoms with van der Waals surface area (Å²) in [5.74, 6) is -0.862. The number of hydrogen-bond donors (Lipinski definition) is 0. The summed E-state index contributed by atoms with van der Waals surface area (Å²) in [5, 5.41) is 0. The second-order valence-electron chi connectivity index (χ2n) is 21.7. The first-order valence-electron chi connectivity index (χ1n) is 32.3. The molecule has 0 aromatic rings. The van der Waals surface area contributed by atoms with Crippen LogP contribution >= 0.6 is 0 Å². The lowest BCUT2D eigenvalue weighted by molar-refractivity contribution is -0.167. The molecule has 0 aromatic heterocycles. The first kappa shape index (κ1) is 71.1. The summed E-state index contributed by atoms with van der Waals surface area (Å²) in [4.78, 5) is 38.3. The largest absolute Gasteiger partial charge is 0.462 e. The second-order valence-corrected chi connectivity index (χ2v) is 21.7. The van der Waals surface area contributed by atoms with Gasteiger partial charge in [-0.3, -0.25) is 14.4 Å². The van der Waals surface area contributed by atoms with Crippen molar-refractivity contribution in [1.82, 2.24) is 0 Å². The van der Waals surface area contributed by atoms with Crippen LogP contribution in [0.15, 0.2) is 60.8 Å². The summed E-state index contributed by atoms with van der Waals surface area (Å²) in [6.45, 7) is 6.57. The molecule has 0 spiro atoms. The molecular formula is C68H122O6. The summed E-state index contributed by atoms with van der Waals surface area (Å²) in [7, 11) is 0. The van der Waals surface area contributed by atoms with Gasteiger partial charge >= 0.3 is 17.9 Å². The first-order chi connectivity index (χ1) is 36.5. The van der Waals surface area contributed by atoms with Crippen molar-refractivity contribution in [3.8, 4) is 0 Å². The summed E-state index contributed by atoms with van der Waals surface area (Å²) in [6, 6.07) is 0. The second kappa shape index (κ2) is 62.6. The van der Waals surface area contributed by atoms with Crippen molar-refractivity contribution in [2.75, 3.05) is 13.2 Å². The van der Waals surface area contributed by atoms with Crippen molar-refractivity contribution >= 4 is 17.9 Å². The van der Waals surface area contributed by atoms with Crippen molar-refractivity contribution in [2.45, 2.75) is 341 Å². The Labute approximate surface area is 460 Å². The number of ether oxygens (including phenoxy) is 3. The van der Waals surface area contributed by atoms with Gasteiger partial charge in [0.1, 0.15) is 13.2 Å². The van der Waals surface area contributed by atoms with Crippen LogP contribution < -0.4 is 0 Å². The maximum Gasteiger partial charge on any atom is 0.306 e. The zero-order valence-corrected chi connectivity index (χ0v) is 49.4. The Kier molecular flexibility index (Phi) is 60.2. The molecule has 0 rings (SSSR count). The van der Waals surface area contributed by atoms with Crippen molar-refractivity contribution in [1.29, 1.82) is 0 Å². The number of hydrogen-bond acceptors (Lipinski definition) is 6. The van der Waals surface area contributed by atoms with E-state index in [0.29, 0.717) is 19.3 Å². The molecule has 0 saturated heterocycles. The monoisotopic (exact) mass is 1030 g/mol. The molecule has 6 heteroatoms. The van der Waals surface area contributed by atoms with Gasteiger partial charge in [-0.2, -0.15) is 0 Å². The lowest BCUT2D eigenvalue weighted by Crippen LogP contribution is -2.30. The molecule has 430 valence electrons. The number of esters is 3. The molecule has 0 heterocycles. The van der Waals surface area contributed by atoms with E-state index >= 15 is 0 Å². The average Bonchev–Trinajstić information content (AvgIpc) is 3.40. The fraction of sp³-hybridized carbons (Fsp3) is 0.809. The molecule has 0 N–H and O–H groups in total. The Morgan fingerprint density at radius 2 is 0.527 bits per heavy atom. The van der Waals surface area contributed by atoms with Crippen LogP contribution in [0, 0.1) is 0 Å². The highest BCUT2D eigenvalue weighted by molar-refractivity contribution is 5.71. The molecule has 0 radical (unpaired) electrons. The molecular weight excluding hydrogens is 913 g/mol. The summed E-state index contributed by atoms with van der Waals surface area (Å²) in [5.41, 5.74) is 0. The van der Waals surface area contributed by atoms with Gasteiger partial charge in [0.2, 0.25) is 0 Å². The third-order valence-electron chi connectivity index (χ3n) is 14.3. The van der Waals surface area contributed by atoms with E-state index in [-0.39, 0.29) is 31.1 Å². The Morgan fingerprint density at radius 3 is 0.824 bits per heavy atom. The molecule has 0 bridgehead atoms. The van der Waals surface area contributed by atoms with E-state index in [1.165, 1.54) is 199 Å². The number of allylic oxidation sites excluding steroid dienone is 10. The number of carbonyl (C=O) groups is 3. The highest BCUT2D eigenvalue weighted by Gasteiger charge is 2.19. The van der Waals surface area contributed by atoms with Gasteiger partial charge in [-0.25, -0.2) is 0 Å². The Bertz CT molecular complexity index is 1330. The van der Waals surface area contributed by atoms with Crippen LogP contribution in [0.4, 0.5) is 0 Å². The topological polar surface area (TPSA) is 78.9 Å². The third-order valence-corrected chi connectivity index (χ3v) is 14.3. The van der Waals surface area contributed by atoms with Crippen molar-refractivity contribution in [3.05, 3.63) is 60.8 Å². The van der Waals surface area contributed by atoms with Gasteiger partial charge in [-0.15, -0.1) is 0 Å². The van der Waals surface area contributed by atoms with Crippen LogP contribution in [0.2, 0.25) is 0 Å². The van der Waals surface area contributed by atoms with Gasteiger partial charge in [0, 0.05) is 19.3 Å². The molecule has 0 aliphatic heterocycles. The molecule has 0 amide bonds. The fourth-order valence-electron chi connectivity index (χ4n) is 9.47. The normalized spacial score (nSPS) is 12.4. The minimum atomic E-state index is -0.776. The molecule has 74 heavy (non-hydrogen) atoms. The van der Waals surface area contributed by atoms with Crippen LogP contribution in [-0.2, 0) is 28.6 Å². The number of carbonyl (C=O) groups excluding carboxylic acids is 3. The van der Waals surface area contributed by atoms with Gasteiger partial charge in [0.25, 0.3) is 0 Å². The van der Waals surface area contributed by atoms with E-state index < -0.39 is 6.10 Å². The predicted molar refractivity (Wildman–Crippen MR) is 321 cm³/mol. The third kappa shape index (κ3) is 60.0. The molecule has 0 aromatic carbocycles. The summed E-state index contributed by atoms with van der Waals surface area (Å²) in [6.07, 6.45) is 79.3. The molecule has 1 atom stereocenters. The van der Waals surface area contributed by atoms with Crippen LogP contribution in [0.1, 0.15) is 335 Å². The average molecular weight is 1040 g/mol. The molecule has 0 saturated carbocycles. The Balaban J connectivity index is 4.34. The van der Waals surface area contributed by atoms with E-state index in [1.54, 1.807) is 0 Å². The Morgan fingerprint density at radius 1 is 0.284 bits per heavy atom. The minimum absolute atomic E-state index is 0.0726.